The molecule has 2 heterocycles. The fraction of sp³-hybridized carbons (Fsp3) is 1.00. The van der Waals surface area contributed by atoms with Crippen molar-refractivity contribution in [2.75, 3.05) is 53.4 Å². The maximum Gasteiger partial charge on any atom is 0.356 e. The molecule has 4 nitrogen and oxygen atoms in total. The Morgan fingerprint density at radius 3 is 1.90 bits per heavy atom. The molecule has 124 valence electrons. The van der Waals surface area contributed by atoms with E-state index in [-0.39, 0.29) is 5.91 Å². The molecule has 0 bridgehead atoms. The molecule has 0 aromatic rings. The van der Waals surface area contributed by atoms with E-state index in [4.69, 9.17) is 0 Å². The molecule has 0 aromatic heterocycles. The van der Waals surface area contributed by atoms with E-state index in [1.54, 1.807) is 0 Å². The topological polar surface area (TPSA) is 6.48 Å². The Labute approximate surface area is 132 Å². The second-order valence-electron chi connectivity index (χ2n) is 7.42. The summed E-state index contributed by atoms with van der Waals surface area (Å²) in [6.45, 7) is 21.9. The highest BCUT2D eigenvalue weighted by Crippen LogP contribution is 2.50. The first-order valence-corrected chi connectivity index (χ1v) is 9.00. The molecule has 2 aliphatic rings. The van der Waals surface area contributed by atoms with Gasteiger partial charge in [0.25, 0.3) is 0 Å². The minimum absolute atomic E-state index is 0.117. The average molecular weight is 299 g/mol. The van der Waals surface area contributed by atoms with Crippen LogP contribution in [0.2, 0.25) is 0 Å². The van der Waals surface area contributed by atoms with Crippen LogP contribution in [0.25, 0.3) is 0 Å². The molecule has 0 radical (unpaired) electrons. The van der Waals surface area contributed by atoms with Crippen molar-refractivity contribution in [3.05, 3.63) is 0 Å². The van der Waals surface area contributed by atoms with Gasteiger partial charge in [0.1, 0.15) is 12.6 Å². The van der Waals surface area contributed by atoms with Gasteiger partial charge in [-0.15, -0.1) is 0 Å². The zero-order valence-corrected chi connectivity index (χ0v) is 15.7. The molecule has 1 spiro atoms. The summed E-state index contributed by atoms with van der Waals surface area (Å²) < 4.78 is 2.43. The first kappa shape index (κ1) is 17.2. The van der Waals surface area contributed by atoms with Crippen LogP contribution in [0.4, 0.5) is 0 Å². The molecule has 3 atom stereocenters. The molecule has 0 aromatic carbocycles. The Bertz CT molecular complexity index is 375. The van der Waals surface area contributed by atoms with E-state index in [1.807, 2.05) is 0 Å². The third-order valence-electron chi connectivity index (χ3n) is 7.22. The molecule has 0 amide bonds. The van der Waals surface area contributed by atoms with Gasteiger partial charge in [-0.2, -0.15) is 9.80 Å². The van der Waals surface area contributed by atoms with E-state index in [0.29, 0.717) is 12.1 Å². The quantitative estimate of drug-likeness (QED) is 0.732. The lowest BCUT2D eigenvalue weighted by Crippen LogP contribution is -2.83. The largest absolute Gasteiger partial charge is 0.356 e. The summed E-state index contributed by atoms with van der Waals surface area (Å²) in [5.41, 5.74) is 0. The van der Waals surface area contributed by atoms with E-state index >= 15 is 0 Å². The van der Waals surface area contributed by atoms with Crippen molar-refractivity contribution >= 4 is 0 Å². The summed E-state index contributed by atoms with van der Waals surface area (Å²) >= 11 is 0. The molecular formula is C17H38N4+2. The molecule has 2 fully saturated rings. The second kappa shape index (κ2) is 5.48. The number of likely N-dealkylation sites (N-methyl/N-ethyl adjacent to an activating group) is 4. The van der Waals surface area contributed by atoms with Crippen LogP contribution in [0, 0.1) is 0 Å². The molecule has 2 rings (SSSR count). The van der Waals surface area contributed by atoms with Gasteiger partial charge in [0.2, 0.25) is 0 Å². The summed E-state index contributed by atoms with van der Waals surface area (Å²) in [5, 5.41) is 0. The Kier molecular flexibility index (Phi) is 4.49. The summed E-state index contributed by atoms with van der Waals surface area (Å²) in [6.07, 6.45) is 0. The predicted molar refractivity (Wildman–Crippen MR) is 89.6 cm³/mol. The van der Waals surface area contributed by atoms with E-state index in [1.165, 1.54) is 48.2 Å². The second-order valence-corrected chi connectivity index (χ2v) is 7.42. The maximum absolute atomic E-state index is 2.72. The van der Waals surface area contributed by atoms with Crippen molar-refractivity contribution in [2.24, 2.45) is 0 Å². The van der Waals surface area contributed by atoms with Gasteiger partial charge in [0.15, 0.2) is 0 Å². The highest BCUT2D eigenvalue weighted by atomic mass is 15.9. The normalized spacial score (nSPS) is 39.4. The summed E-state index contributed by atoms with van der Waals surface area (Å²) in [6, 6.07) is 1.35. The lowest BCUT2D eigenvalue weighted by Gasteiger charge is -2.57. The molecule has 2 saturated heterocycles. The van der Waals surface area contributed by atoms with Crippen LogP contribution in [0.15, 0.2) is 0 Å². The molecule has 0 aliphatic carbocycles. The van der Waals surface area contributed by atoms with Crippen LogP contribution in [0.5, 0.6) is 0 Å². The van der Waals surface area contributed by atoms with Gasteiger partial charge in [-0.25, -0.2) is 8.97 Å². The molecule has 0 saturated carbocycles. The van der Waals surface area contributed by atoms with Gasteiger partial charge < -0.3 is 0 Å². The molecule has 0 N–H and O–H groups in total. The van der Waals surface area contributed by atoms with Crippen molar-refractivity contribution < 1.29 is 8.97 Å². The Morgan fingerprint density at radius 1 is 0.952 bits per heavy atom. The van der Waals surface area contributed by atoms with E-state index < -0.39 is 0 Å². The zero-order chi connectivity index (χ0) is 16.1. The van der Waals surface area contributed by atoms with E-state index in [2.05, 4.69) is 65.4 Å². The van der Waals surface area contributed by atoms with Gasteiger partial charge in [-0.05, 0) is 41.5 Å². The van der Waals surface area contributed by atoms with Crippen LogP contribution in [0.3, 0.4) is 0 Å². The van der Waals surface area contributed by atoms with Gasteiger partial charge in [-0.1, -0.05) is 0 Å². The molecule has 2 aliphatic heterocycles. The number of hydrogen-bond acceptors (Lipinski definition) is 2. The van der Waals surface area contributed by atoms with Gasteiger partial charge in [0, 0.05) is 14.1 Å². The SMILES string of the molecule is CC[N+]1(CC)CC(C)N(C)C12N(C)CC(C)[N+]2(CC)CC. The van der Waals surface area contributed by atoms with Crippen LogP contribution in [-0.4, -0.2) is 90.1 Å². The predicted octanol–water partition coefficient (Wildman–Crippen LogP) is 1.98. The van der Waals surface area contributed by atoms with Crippen molar-refractivity contribution in [2.45, 2.75) is 59.5 Å². The van der Waals surface area contributed by atoms with Crippen LogP contribution in [0.1, 0.15) is 41.5 Å². The van der Waals surface area contributed by atoms with Crippen molar-refractivity contribution in [3.63, 3.8) is 0 Å². The molecule has 3 unspecified atom stereocenters. The van der Waals surface area contributed by atoms with Gasteiger partial charge in [0.05, 0.1) is 38.8 Å². The molecular weight excluding hydrogens is 260 g/mol. The number of quaternary nitrogens is 2. The highest BCUT2D eigenvalue weighted by molar-refractivity contribution is 4.90. The van der Waals surface area contributed by atoms with E-state index in [9.17, 15) is 0 Å². The number of rotatable bonds is 4. The minimum Gasteiger partial charge on any atom is -0.242 e. The lowest BCUT2D eigenvalue weighted by atomic mass is 10.2. The Morgan fingerprint density at radius 2 is 1.48 bits per heavy atom. The minimum atomic E-state index is 0.117. The van der Waals surface area contributed by atoms with Crippen molar-refractivity contribution in [1.29, 1.82) is 0 Å². The van der Waals surface area contributed by atoms with Crippen molar-refractivity contribution in [1.82, 2.24) is 9.80 Å². The average Bonchev–Trinajstić information content (AvgIpc) is 2.85. The summed E-state index contributed by atoms with van der Waals surface area (Å²) in [5.74, 6) is 0.117. The first-order chi connectivity index (χ1) is 9.83. The Hall–Kier alpha value is -0.160. The highest BCUT2D eigenvalue weighted by Gasteiger charge is 2.77. The lowest BCUT2D eigenvalue weighted by molar-refractivity contribution is -1.18. The van der Waals surface area contributed by atoms with Crippen LogP contribution >= 0.6 is 0 Å². The summed E-state index contributed by atoms with van der Waals surface area (Å²) in [4.78, 5) is 5.41. The molecule has 21 heavy (non-hydrogen) atoms. The number of nitrogens with zero attached hydrogens (tertiary/aromatic N) is 4. The summed E-state index contributed by atoms with van der Waals surface area (Å²) in [7, 11) is 4.75. The Balaban J connectivity index is 2.73. The van der Waals surface area contributed by atoms with E-state index in [0.717, 1.165) is 0 Å². The maximum atomic E-state index is 2.72. The smallest absolute Gasteiger partial charge is 0.242 e. The van der Waals surface area contributed by atoms with Crippen molar-refractivity contribution in [3.8, 4) is 0 Å². The fourth-order valence-corrected chi connectivity index (χ4v) is 6.24. The zero-order valence-electron chi connectivity index (χ0n) is 15.7. The van der Waals surface area contributed by atoms with Gasteiger partial charge in [-0.3, -0.25) is 0 Å². The third kappa shape index (κ3) is 1.71. The third-order valence-corrected chi connectivity index (χ3v) is 7.22. The standard InChI is InChI=1S/C17H38N4/c1-9-20(10-2)14-15(5)19(8)17(20)18(7)13-16(6)21(17,11-3)12-4/h15-16H,9-14H2,1-8H3/q+2. The van der Waals surface area contributed by atoms with Gasteiger partial charge >= 0.3 is 5.91 Å². The number of hydrogen-bond donors (Lipinski definition) is 0. The fourth-order valence-electron chi connectivity index (χ4n) is 6.24. The van der Waals surface area contributed by atoms with Crippen LogP contribution in [-0.2, 0) is 0 Å². The van der Waals surface area contributed by atoms with Crippen LogP contribution < -0.4 is 0 Å². The monoisotopic (exact) mass is 298 g/mol. The molecule has 4 heteroatoms. The first-order valence-electron chi connectivity index (χ1n) is 9.00.